The molecule has 0 aromatic heterocycles. The van der Waals surface area contributed by atoms with E-state index in [-0.39, 0.29) is 5.75 Å². The molecule has 1 rings (SSSR count). The van der Waals surface area contributed by atoms with Gasteiger partial charge in [-0.2, -0.15) is 5.26 Å². The maximum absolute atomic E-state index is 10.9. The first kappa shape index (κ1) is 11.5. The van der Waals surface area contributed by atoms with Crippen molar-refractivity contribution >= 4 is 9.84 Å². The van der Waals surface area contributed by atoms with E-state index < -0.39 is 15.3 Å². The molecule has 0 radical (unpaired) electrons. The van der Waals surface area contributed by atoms with Crippen molar-refractivity contribution in [2.45, 2.75) is 19.3 Å². The molecule has 0 aromatic rings. The summed E-state index contributed by atoms with van der Waals surface area (Å²) < 4.78 is 26.9. The van der Waals surface area contributed by atoms with Crippen molar-refractivity contribution in [1.82, 2.24) is 0 Å². The van der Waals surface area contributed by atoms with Crippen molar-refractivity contribution in [2.24, 2.45) is 5.41 Å². The Balaban J connectivity index is 2.40. The number of nitriles is 1. The molecule has 1 saturated heterocycles. The van der Waals surface area contributed by atoms with Crippen molar-refractivity contribution in [3.63, 3.8) is 0 Å². The zero-order valence-corrected chi connectivity index (χ0v) is 9.14. The lowest BCUT2D eigenvalue weighted by Crippen LogP contribution is -2.19. The molecule has 1 atom stereocenters. The van der Waals surface area contributed by atoms with E-state index in [0.717, 1.165) is 6.42 Å². The smallest absolute Gasteiger partial charge is 0.147 e. The second-order valence-corrected chi connectivity index (χ2v) is 6.19. The number of hydrogen-bond acceptors (Lipinski definition) is 4. The average Bonchev–Trinajstić information content (AvgIpc) is 2.52. The van der Waals surface area contributed by atoms with Crippen LogP contribution in [0, 0.1) is 16.7 Å². The van der Waals surface area contributed by atoms with Crippen LogP contribution in [0.2, 0.25) is 0 Å². The molecular formula is C9H15NO3S. The monoisotopic (exact) mass is 217 g/mol. The first-order chi connectivity index (χ1) is 6.47. The van der Waals surface area contributed by atoms with Crippen molar-refractivity contribution in [2.75, 3.05) is 25.2 Å². The van der Waals surface area contributed by atoms with Gasteiger partial charge >= 0.3 is 0 Å². The highest BCUT2D eigenvalue weighted by atomic mass is 32.2. The minimum Gasteiger partial charge on any atom is -0.380 e. The molecule has 1 heterocycles. The summed E-state index contributed by atoms with van der Waals surface area (Å²) in [6, 6.07) is 2.24. The van der Waals surface area contributed by atoms with Crippen LogP contribution in [0.4, 0.5) is 0 Å². The molecule has 0 aromatic carbocycles. The summed E-state index contributed by atoms with van der Waals surface area (Å²) in [6.45, 7) is 1.07. The Kier molecular flexibility index (Phi) is 3.51. The van der Waals surface area contributed by atoms with Gasteiger partial charge in [-0.3, -0.25) is 0 Å². The fourth-order valence-corrected chi connectivity index (χ4v) is 2.29. The molecular weight excluding hydrogens is 202 g/mol. The van der Waals surface area contributed by atoms with E-state index in [0.29, 0.717) is 26.1 Å². The molecule has 1 fully saturated rings. The Bertz CT molecular complexity index is 322. The van der Waals surface area contributed by atoms with Gasteiger partial charge in [0.15, 0.2) is 0 Å². The van der Waals surface area contributed by atoms with Crippen molar-refractivity contribution in [3.8, 4) is 6.07 Å². The fraction of sp³-hybridized carbons (Fsp3) is 0.889. The normalized spacial score (nSPS) is 27.4. The Morgan fingerprint density at radius 2 is 2.29 bits per heavy atom. The van der Waals surface area contributed by atoms with Crippen LogP contribution in [0.1, 0.15) is 19.3 Å². The molecule has 0 bridgehead atoms. The number of nitrogens with zero attached hydrogens (tertiary/aromatic N) is 1. The largest absolute Gasteiger partial charge is 0.380 e. The Morgan fingerprint density at radius 1 is 1.57 bits per heavy atom. The van der Waals surface area contributed by atoms with Gasteiger partial charge in [0.1, 0.15) is 9.84 Å². The van der Waals surface area contributed by atoms with Crippen LogP contribution in [0.15, 0.2) is 0 Å². The van der Waals surface area contributed by atoms with E-state index in [1.807, 2.05) is 0 Å². The third-order valence-electron chi connectivity index (χ3n) is 2.51. The third-order valence-corrected chi connectivity index (χ3v) is 3.54. The van der Waals surface area contributed by atoms with E-state index >= 15 is 0 Å². The SMILES string of the molecule is CS(=O)(=O)CCCC1(C#N)CCOC1. The summed E-state index contributed by atoms with van der Waals surface area (Å²) >= 11 is 0. The second-order valence-electron chi connectivity index (χ2n) is 3.93. The molecule has 4 nitrogen and oxygen atoms in total. The topological polar surface area (TPSA) is 67.2 Å². The molecule has 0 N–H and O–H groups in total. The summed E-state index contributed by atoms with van der Waals surface area (Å²) in [6.07, 6.45) is 3.12. The molecule has 80 valence electrons. The average molecular weight is 217 g/mol. The van der Waals surface area contributed by atoms with Gasteiger partial charge in [0.2, 0.25) is 0 Å². The summed E-state index contributed by atoms with van der Waals surface area (Å²) in [5.74, 6) is 0.163. The zero-order chi connectivity index (χ0) is 10.7. The third kappa shape index (κ3) is 3.28. The lowest BCUT2D eigenvalue weighted by atomic mass is 9.84. The van der Waals surface area contributed by atoms with E-state index in [2.05, 4.69) is 6.07 Å². The van der Waals surface area contributed by atoms with Crippen molar-refractivity contribution in [1.29, 1.82) is 5.26 Å². The highest BCUT2D eigenvalue weighted by Gasteiger charge is 2.34. The second kappa shape index (κ2) is 4.28. The summed E-state index contributed by atoms with van der Waals surface area (Å²) in [7, 11) is -2.90. The predicted octanol–water partition coefficient (Wildman–Crippen LogP) is 0.741. The van der Waals surface area contributed by atoms with E-state index in [9.17, 15) is 8.42 Å². The lowest BCUT2D eigenvalue weighted by Gasteiger charge is -2.17. The van der Waals surface area contributed by atoms with Gasteiger partial charge in [0, 0.05) is 18.6 Å². The molecule has 5 heteroatoms. The minimum absolute atomic E-state index is 0.163. The van der Waals surface area contributed by atoms with Crippen LogP contribution in [0.3, 0.4) is 0 Å². The van der Waals surface area contributed by atoms with Gasteiger partial charge in [0.25, 0.3) is 0 Å². The van der Waals surface area contributed by atoms with E-state index in [4.69, 9.17) is 10.00 Å². The van der Waals surface area contributed by atoms with Crippen LogP contribution in [0.5, 0.6) is 0 Å². The first-order valence-electron chi connectivity index (χ1n) is 4.64. The van der Waals surface area contributed by atoms with Crippen LogP contribution in [-0.2, 0) is 14.6 Å². The molecule has 1 aliphatic rings. The van der Waals surface area contributed by atoms with Gasteiger partial charge in [-0.1, -0.05) is 0 Å². The number of hydrogen-bond donors (Lipinski definition) is 0. The van der Waals surface area contributed by atoms with Crippen LogP contribution < -0.4 is 0 Å². The highest BCUT2D eigenvalue weighted by Crippen LogP contribution is 2.32. The highest BCUT2D eigenvalue weighted by molar-refractivity contribution is 7.90. The quantitative estimate of drug-likeness (QED) is 0.696. The summed E-state index contributed by atoms with van der Waals surface area (Å²) in [5.41, 5.74) is -0.426. The van der Waals surface area contributed by atoms with Gasteiger partial charge < -0.3 is 4.74 Å². The number of ether oxygens (including phenoxy) is 1. The Morgan fingerprint density at radius 3 is 2.71 bits per heavy atom. The van der Waals surface area contributed by atoms with Crippen LogP contribution in [-0.4, -0.2) is 33.6 Å². The van der Waals surface area contributed by atoms with Gasteiger partial charge in [0.05, 0.1) is 18.1 Å². The predicted molar refractivity (Wildman–Crippen MR) is 52.4 cm³/mol. The van der Waals surface area contributed by atoms with Gasteiger partial charge in [-0.25, -0.2) is 8.42 Å². The maximum atomic E-state index is 10.9. The summed E-state index contributed by atoms with van der Waals surface area (Å²) in [4.78, 5) is 0. The molecule has 14 heavy (non-hydrogen) atoms. The molecule has 0 saturated carbocycles. The molecule has 0 amide bonds. The van der Waals surface area contributed by atoms with Crippen molar-refractivity contribution < 1.29 is 13.2 Å². The summed E-state index contributed by atoms with van der Waals surface area (Å²) in [5, 5.41) is 8.97. The van der Waals surface area contributed by atoms with Gasteiger partial charge in [-0.15, -0.1) is 0 Å². The Labute approximate surface area is 84.8 Å². The van der Waals surface area contributed by atoms with Crippen LogP contribution >= 0.6 is 0 Å². The van der Waals surface area contributed by atoms with Gasteiger partial charge in [-0.05, 0) is 19.3 Å². The maximum Gasteiger partial charge on any atom is 0.147 e. The standard InChI is InChI=1S/C9H15NO3S/c1-14(11,12)6-2-3-9(7-10)4-5-13-8-9/h2-6,8H2,1H3. The van der Waals surface area contributed by atoms with Crippen molar-refractivity contribution in [3.05, 3.63) is 0 Å². The number of rotatable bonds is 4. The minimum atomic E-state index is -2.90. The van der Waals surface area contributed by atoms with E-state index in [1.165, 1.54) is 6.26 Å². The molecule has 1 unspecified atom stereocenters. The van der Waals surface area contributed by atoms with Crippen LogP contribution in [0.25, 0.3) is 0 Å². The Hall–Kier alpha value is -0.600. The molecule has 0 aliphatic carbocycles. The number of sulfone groups is 1. The lowest BCUT2D eigenvalue weighted by molar-refractivity contribution is 0.168. The molecule has 1 aliphatic heterocycles. The fourth-order valence-electron chi connectivity index (χ4n) is 1.62. The first-order valence-corrected chi connectivity index (χ1v) is 6.70. The molecule has 0 spiro atoms. The van der Waals surface area contributed by atoms with E-state index in [1.54, 1.807) is 0 Å². The zero-order valence-electron chi connectivity index (χ0n) is 8.32.